The van der Waals surface area contributed by atoms with Crippen LogP contribution in [0.1, 0.15) is 55.0 Å². The molecule has 4 saturated heterocycles. The Morgan fingerprint density at radius 2 is 1.98 bits per heavy atom. The van der Waals surface area contributed by atoms with Gasteiger partial charge in [-0.3, -0.25) is 4.90 Å². The van der Waals surface area contributed by atoms with E-state index in [4.69, 9.17) is 19.4 Å². The number of hydrogen-bond donors (Lipinski definition) is 2. The molecule has 1 aromatic heterocycles. The van der Waals surface area contributed by atoms with E-state index in [9.17, 15) is 9.50 Å². The van der Waals surface area contributed by atoms with Crippen molar-refractivity contribution in [2.45, 2.75) is 75.0 Å². The zero-order chi connectivity index (χ0) is 26.8. The van der Waals surface area contributed by atoms with Crippen LogP contribution in [0, 0.1) is 0 Å². The van der Waals surface area contributed by atoms with Crippen molar-refractivity contribution in [3.8, 4) is 11.8 Å². The van der Waals surface area contributed by atoms with E-state index < -0.39 is 6.17 Å². The van der Waals surface area contributed by atoms with Crippen molar-refractivity contribution >= 4 is 16.6 Å². The van der Waals surface area contributed by atoms with E-state index in [0.29, 0.717) is 50.7 Å². The van der Waals surface area contributed by atoms with Gasteiger partial charge in [0, 0.05) is 50.1 Å². The van der Waals surface area contributed by atoms with Gasteiger partial charge in [0.05, 0.1) is 23.9 Å². The molecule has 0 saturated carbocycles. The number of rotatable bonds is 5. The van der Waals surface area contributed by atoms with E-state index in [1.165, 1.54) is 12.8 Å². The molecule has 3 aromatic rings. The number of halogens is 1. The number of aromatic nitrogens is 2. The summed E-state index contributed by atoms with van der Waals surface area (Å²) in [6, 6.07) is 13.0. The van der Waals surface area contributed by atoms with Gasteiger partial charge in [0.15, 0.2) is 0 Å². The minimum atomic E-state index is -0.796. The number of ether oxygens (including phenoxy) is 2. The third-order valence-corrected chi connectivity index (χ3v) is 9.83. The molecule has 4 fully saturated rings. The standard InChI is InChI=1S/C31H36FN5O3/c32-20-13-31(8-3-9-37(31)14-20)18-40-30-34-27-12-28(25-11-23(38)10-19-4-1-2-5-24(19)25)39-17-26(27)29(35-30)36-15-21-6-7-22(16-36)33-21/h1-2,4-5,10-11,20-22,28,33,38H,3,6-9,12-18H2/t20-,21?,22?,28+,31+/m1/s1. The zero-order valence-electron chi connectivity index (χ0n) is 22.7. The van der Waals surface area contributed by atoms with Crippen molar-refractivity contribution in [3.05, 3.63) is 53.2 Å². The first-order chi connectivity index (χ1) is 19.5. The van der Waals surface area contributed by atoms with Crippen molar-refractivity contribution < 1.29 is 19.0 Å². The molecule has 9 heteroatoms. The van der Waals surface area contributed by atoms with Crippen LogP contribution < -0.4 is 15.0 Å². The Bertz CT molecular complexity index is 1440. The number of aromatic hydroxyl groups is 1. The Labute approximate surface area is 233 Å². The molecule has 5 atom stereocenters. The molecule has 0 aliphatic carbocycles. The smallest absolute Gasteiger partial charge is 0.318 e. The predicted octanol–water partition coefficient (Wildman–Crippen LogP) is 4.05. The van der Waals surface area contributed by atoms with Crippen LogP contribution in [0.2, 0.25) is 0 Å². The topological polar surface area (TPSA) is 83.0 Å². The van der Waals surface area contributed by atoms with Crippen LogP contribution in [0.3, 0.4) is 0 Å². The third-order valence-electron chi connectivity index (χ3n) is 9.83. The second-order valence-electron chi connectivity index (χ2n) is 12.4. The predicted molar refractivity (Wildman–Crippen MR) is 150 cm³/mol. The molecule has 0 amide bonds. The van der Waals surface area contributed by atoms with Gasteiger partial charge in [0.25, 0.3) is 0 Å². The normalized spacial score (nSPS) is 31.5. The van der Waals surface area contributed by atoms with E-state index in [0.717, 1.165) is 65.9 Å². The minimum absolute atomic E-state index is 0.231. The average Bonchev–Trinajstić information content (AvgIpc) is 3.60. The maximum Gasteiger partial charge on any atom is 0.318 e. The molecule has 2 N–H and O–H groups in total. The number of benzene rings is 2. The van der Waals surface area contributed by atoms with Crippen LogP contribution in [0.15, 0.2) is 36.4 Å². The summed E-state index contributed by atoms with van der Waals surface area (Å²) in [5.41, 5.74) is 2.67. The van der Waals surface area contributed by atoms with E-state index in [2.05, 4.69) is 21.2 Å². The largest absolute Gasteiger partial charge is 0.508 e. The molecule has 0 radical (unpaired) electrons. The maximum absolute atomic E-state index is 14.4. The molecular formula is C31H36FN5O3. The Balaban J connectivity index is 1.14. The van der Waals surface area contributed by atoms with Gasteiger partial charge >= 0.3 is 6.01 Å². The highest BCUT2D eigenvalue weighted by Gasteiger charge is 2.49. The fourth-order valence-corrected chi connectivity index (χ4v) is 7.96. The third kappa shape index (κ3) is 4.21. The van der Waals surface area contributed by atoms with E-state index in [1.54, 1.807) is 6.07 Å². The van der Waals surface area contributed by atoms with Crippen LogP contribution in [0.5, 0.6) is 11.8 Å². The molecule has 40 heavy (non-hydrogen) atoms. The Morgan fingerprint density at radius 1 is 1.12 bits per heavy atom. The van der Waals surface area contributed by atoms with Crippen molar-refractivity contribution in [1.82, 2.24) is 20.2 Å². The van der Waals surface area contributed by atoms with Gasteiger partial charge in [-0.15, -0.1) is 0 Å². The summed E-state index contributed by atoms with van der Waals surface area (Å²) in [4.78, 5) is 14.6. The van der Waals surface area contributed by atoms with Crippen LogP contribution in [-0.2, 0) is 17.8 Å². The number of hydrogen-bond acceptors (Lipinski definition) is 8. The quantitative estimate of drug-likeness (QED) is 0.497. The minimum Gasteiger partial charge on any atom is -0.508 e. The number of nitrogens with one attached hydrogen (secondary N) is 1. The van der Waals surface area contributed by atoms with E-state index in [-0.39, 0.29) is 17.4 Å². The molecule has 0 spiro atoms. The molecule has 8 nitrogen and oxygen atoms in total. The van der Waals surface area contributed by atoms with Crippen molar-refractivity contribution in [2.75, 3.05) is 37.7 Å². The number of phenols is 1. The van der Waals surface area contributed by atoms with Gasteiger partial charge in [0.1, 0.15) is 24.3 Å². The molecule has 8 rings (SSSR count). The van der Waals surface area contributed by atoms with Gasteiger partial charge in [0.2, 0.25) is 0 Å². The Morgan fingerprint density at radius 3 is 2.85 bits per heavy atom. The Kier molecular flexibility index (Phi) is 5.90. The monoisotopic (exact) mass is 545 g/mol. The number of fused-ring (bicyclic) bond motifs is 5. The molecule has 2 unspecified atom stereocenters. The van der Waals surface area contributed by atoms with Crippen molar-refractivity contribution in [2.24, 2.45) is 0 Å². The fourth-order valence-electron chi connectivity index (χ4n) is 7.96. The lowest BCUT2D eigenvalue weighted by Crippen LogP contribution is -2.52. The van der Waals surface area contributed by atoms with Crippen LogP contribution in [0.25, 0.3) is 10.8 Å². The fraction of sp³-hybridized carbons (Fsp3) is 0.548. The lowest BCUT2D eigenvalue weighted by Gasteiger charge is -2.37. The molecule has 210 valence electrons. The summed E-state index contributed by atoms with van der Waals surface area (Å²) in [7, 11) is 0. The highest BCUT2D eigenvalue weighted by atomic mass is 19.1. The number of piperazine rings is 1. The summed E-state index contributed by atoms with van der Waals surface area (Å²) in [6.07, 6.45) is 4.44. The van der Waals surface area contributed by atoms with Crippen LogP contribution in [-0.4, -0.2) is 76.6 Å². The van der Waals surface area contributed by atoms with Crippen LogP contribution >= 0.6 is 0 Å². The number of phenolic OH excluding ortho intramolecular Hbond substituents is 1. The first-order valence-electron chi connectivity index (χ1n) is 14.8. The highest BCUT2D eigenvalue weighted by Crippen LogP contribution is 2.42. The second-order valence-corrected chi connectivity index (χ2v) is 12.4. The van der Waals surface area contributed by atoms with Crippen molar-refractivity contribution in [3.63, 3.8) is 0 Å². The average molecular weight is 546 g/mol. The van der Waals surface area contributed by atoms with Gasteiger partial charge in [-0.1, -0.05) is 24.3 Å². The van der Waals surface area contributed by atoms with Crippen molar-refractivity contribution in [1.29, 1.82) is 0 Å². The Hall–Kier alpha value is -3.01. The van der Waals surface area contributed by atoms with Gasteiger partial charge in [-0.2, -0.15) is 9.97 Å². The van der Waals surface area contributed by atoms with Gasteiger partial charge in [-0.25, -0.2) is 4.39 Å². The summed E-state index contributed by atoms with van der Waals surface area (Å²) >= 11 is 0. The lowest BCUT2D eigenvalue weighted by molar-refractivity contribution is 0.0262. The van der Waals surface area contributed by atoms with E-state index in [1.807, 2.05) is 24.3 Å². The molecule has 2 bridgehead atoms. The number of alkyl halides is 1. The number of anilines is 1. The van der Waals surface area contributed by atoms with Gasteiger partial charge in [-0.05, 0) is 60.7 Å². The first kappa shape index (κ1) is 24.8. The number of nitrogens with zero attached hydrogens (tertiary/aromatic N) is 4. The zero-order valence-corrected chi connectivity index (χ0v) is 22.7. The first-order valence-corrected chi connectivity index (χ1v) is 14.8. The maximum atomic E-state index is 14.4. The molecule has 2 aromatic carbocycles. The van der Waals surface area contributed by atoms with E-state index >= 15 is 0 Å². The molecule has 5 aliphatic heterocycles. The SMILES string of the molecule is Oc1cc([C@@H]2Cc3nc(OC[C@@]45CCCN4C[C@H](F)C5)nc(N4CC5CCC(C4)N5)c3CO2)c2ccccc2c1. The highest BCUT2D eigenvalue weighted by molar-refractivity contribution is 5.87. The molecule has 5 aliphatic rings. The summed E-state index contributed by atoms with van der Waals surface area (Å²) in [5, 5.41) is 16.2. The summed E-state index contributed by atoms with van der Waals surface area (Å²) < 4.78 is 27.3. The second kappa shape index (κ2) is 9.53. The summed E-state index contributed by atoms with van der Waals surface area (Å²) in [5.74, 6) is 1.14. The van der Waals surface area contributed by atoms with Crippen LogP contribution in [0.4, 0.5) is 10.2 Å². The lowest BCUT2D eigenvalue weighted by atomic mass is 9.94. The summed E-state index contributed by atoms with van der Waals surface area (Å²) in [6.45, 7) is 4.05. The molecular weight excluding hydrogens is 509 g/mol. The molecule has 6 heterocycles. The van der Waals surface area contributed by atoms with Gasteiger partial charge < -0.3 is 24.8 Å².